The summed E-state index contributed by atoms with van der Waals surface area (Å²) >= 11 is 0. The number of hydrogen-bond donors (Lipinski definition) is 1. The van der Waals surface area contributed by atoms with Gasteiger partial charge >= 0.3 is 0 Å². The fourth-order valence-electron chi connectivity index (χ4n) is 1.67. The molecule has 0 aliphatic heterocycles. The Morgan fingerprint density at radius 1 is 1.00 bits per heavy atom. The SMILES string of the molecule is CC(C)(C)c1[c]ccc(C(C)(C)C)c1O. The third-order valence-electron chi connectivity index (χ3n) is 2.53. The first-order valence-corrected chi connectivity index (χ1v) is 5.38. The minimum absolute atomic E-state index is 0.0286. The molecule has 0 unspecified atom stereocenters. The molecule has 0 amide bonds. The van der Waals surface area contributed by atoms with Gasteiger partial charge in [0.2, 0.25) is 0 Å². The number of phenols is 1. The zero-order chi connectivity index (χ0) is 11.9. The van der Waals surface area contributed by atoms with Crippen LogP contribution in [0.3, 0.4) is 0 Å². The molecule has 0 aliphatic rings. The van der Waals surface area contributed by atoms with E-state index in [1.807, 2.05) is 12.1 Å². The van der Waals surface area contributed by atoms with E-state index in [4.69, 9.17) is 0 Å². The van der Waals surface area contributed by atoms with Gasteiger partial charge in [0.25, 0.3) is 0 Å². The number of aromatic hydroxyl groups is 1. The molecule has 0 aliphatic carbocycles. The fourth-order valence-corrected chi connectivity index (χ4v) is 1.67. The molecule has 1 nitrogen and oxygen atoms in total. The molecule has 0 spiro atoms. The molecular formula is C14H21O. The summed E-state index contributed by atoms with van der Waals surface area (Å²) in [6, 6.07) is 6.99. The lowest BCUT2D eigenvalue weighted by molar-refractivity contribution is 0.423. The summed E-state index contributed by atoms with van der Waals surface area (Å²) in [5.41, 5.74) is 1.80. The highest BCUT2D eigenvalue weighted by Crippen LogP contribution is 2.37. The Kier molecular flexibility index (Phi) is 2.86. The molecule has 0 fully saturated rings. The summed E-state index contributed by atoms with van der Waals surface area (Å²) in [5, 5.41) is 10.2. The average Bonchev–Trinajstić information content (AvgIpc) is 1.99. The summed E-state index contributed by atoms with van der Waals surface area (Å²) in [4.78, 5) is 0. The maximum Gasteiger partial charge on any atom is 0.123 e. The quantitative estimate of drug-likeness (QED) is 0.683. The van der Waals surface area contributed by atoms with Crippen LogP contribution < -0.4 is 0 Å². The van der Waals surface area contributed by atoms with Crippen molar-refractivity contribution in [1.29, 1.82) is 0 Å². The lowest BCUT2D eigenvalue weighted by atomic mass is 9.80. The molecule has 1 heteroatoms. The molecule has 0 heterocycles. The molecule has 0 atom stereocenters. The standard InChI is InChI=1S/C14H21O/c1-13(2,3)10-8-7-9-11(12(10)15)14(4,5)6/h7-8,15H,1-6H3. The number of hydrogen-bond acceptors (Lipinski definition) is 1. The Balaban J connectivity index is 3.37. The van der Waals surface area contributed by atoms with E-state index in [0.717, 1.165) is 11.1 Å². The van der Waals surface area contributed by atoms with Gasteiger partial charge in [0, 0.05) is 5.56 Å². The summed E-state index contributed by atoms with van der Waals surface area (Å²) in [6.45, 7) is 12.6. The van der Waals surface area contributed by atoms with Crippen LogP contribution in [0.5, 0.6) is 5.75 Å². The summed E-state index contributed by atoms with van der Waals surface area (Å²) < 4.78 is 0. The normalized spacial score (nSPS) is 12.9. The molecule has 0 aromatic heterocycles. The van der Waals surface area contributed by atoms with E-state index < -0.39 is 0 Å². The molecule has 0 saturated heterocycles. The first-order valence-electron chi connectivity index (χ1n) is 5.38. The molecule has 83 valence electrons. The Bertz CT molecular complexity index is 318. The van der Waals surface area contributed by atoms with Crippen LogP contribution in [0.15, 0.2) is 12.1 Å². The molecule has 1 radical (unpaired) electrons. The van der Waals surface area contributed by atoms with Gasteiger partial charge in [-0.15, -0.1) is 0 Å². The molecular weight excluding hydrogens is 184 g/mol. The second-order valence-corrected chi connectivity index (χ2v) is 6.11. The molecule has 1 rings (SSSR count). The third kappa shape index (κ3) is 2.53. The van der Waals surface area contributed by atoms with Crippen molar-refractivity contribution < 1.29 is 5.11 Å². The first-order chi connectivity index (χ1) is 6.64. The predicted octanol–water partition coefficient (Wildman–Crippen LogP) is 3.79. The highest BCUT2D eigenvalue weighted by molar-refractivity contribution is 5.46. The largest absolute Gasteiger partial charge is 0.507 e. The first kappa shape index (κ1) is 12.1. The van der Waals surface area contributed by atoms with Gasteiger partial charge < -0.3 is 5.11 Å². The fraction of sp³-hybridized carbons (Fsp3) is 0.571. The van der Waals surface area contributed by atoms with Crippen LogP contribution in [0.2, 0.25) is 0 Å². The molecule has 15 heavy (non-hydrogen) atoms. The van der Waals surface area contributed by atoms with Gasteiger partial charge in [-0.1, -0.05) is 53.7 Å². The summed E-state index contributed by atoms with van der Waals surface area (Å²) in [5.74, 6) is 0.400. The lowest BCUT2D eigenvalue weighted by Crippen LogP contribution is -2.16. The van der Waals surface area contributed by atoms with Gasteiger partial charge in [-0.25, -0.2) is 0 Å². The Morgan fingerprint density at radius 3 is 1.93 bits per heavy atom. The van der Waals surface area contributed by atoms with Crippen LogP contribution in [-0.2, 0) is 10.8 Å². The van der Waals surface area contributed by atoms with Gasteiger partial charge in [0.1, 0.15) is 5.75 Å². The maximum absolute atomic E-state index is 10.2. The zero-order valence-electron chi connectivity index (χ0n) is 10.6. The Labute approximate surface area is 93.1 Å². The van der Waals surface area contributed by atoms with Crippen molar-refractivity contribution in [3.63, 3.8) is 0 Å². The topological polar surface area (TPSA) is 20.2 Å². The van der Waals surface area contributed by atoms with Crippen molar-refractivity contribution in [2.24, 2.45) is 0 Å². The van der Waals surface area contributed by atoms with E-state index in [0.29, 0.717) is 5.75 Å². The predicted molar refractivity (Wildman–Crippen MR) is 64.3 cm³/mol. The van der Waals surface area contributed by atoms with Gasteiger partial charge in [-0.3, -0.25) is 0 Å². The minimum Gasteiger partial charge on any atom is -0.507 e. The number of benzene rings is 1. The van der Waals surface area contributed by atoms with Crippen LogP contribution in [0.1, 0.15) is 52.7 Å². The van der Waals surface area contributed by atoms with Gasteiger partial charge in [0.15, 0.2) is 0 Å². The Morgan fingerprint density at radius 2 is 1.53 bits per heavy atom. The van der Waals surface area contributed by atoms with Crippen molar-refractivity contribution >= 4 is 0 Å². The summed E-state index contributed by atoms with van der Waals surface area (Å²) in [7, 11) is 0. The molecule has 1 aromatic rings. The van der Waals surface area contributed by atoms with Crippen LogP contribution in [0.4, 0.5) is 0 Å². The monoisotopic (exact) mass is 205 g/mol. The highest BCUT2D eigenvalue weighted by atomic mass is 16.3. The van der Waals surface area contributed by atoms with Crippen molar-refractivity contribution in [2.75, 3.05) is 0 Å². The van der Waals surface area contributed by atoms with E-state index >= 15 is 0 Å². The second kappa shape index (κ2) is 3.55. The van der Waals surface area contributed by atoms with Gasteiger partial charge in [-0.05, 0) is 22.5 Å². The van der Waals surface area contributed by atoms with Crippen molar-refractivity contribution in [3.8, 4) is 5.75 Å². The van der Waals surface area contributed by atoms with E-state index in [1.165, 1.54) is 0 Å². The highest BCUT2D eigenvalue weighted by Gasteiger charge is 2.24. The van der Waals surface area contributed by atoms with E-state index in [2.05, 4.69) is 47.6 Å². The molecule has 0 saturated carbocycles. The van der Waals surface area contributed by atoms with Crippen LogP contribution in [0, 0.1) is 6.07 Å². The molecule has 1 aromatic carbocycles. The van der Waals surface area contributed by atoms with Crippen molar-refractivity contribution in [1.82, 2.24) is 0 Å². The van der Waals surface area contributed by atoms with Crippen LogP contribution in [0.25, 0.3) is 0 Å². The third-order valence-corrected chi connectivity index (χ3v) is 2.53. The number of rotatable bonds is 0. The average molecular weight is 205 g/mol. The Hall–Kier alpha value is -0.980. The van der Waals surface area contributed by atoms with Gasteiger partial charge in [-0.2, -0.15) is 0 Å². The molecule has 0 bridgehead atoms. The smallest absolute Gasteiger partial charge is 0.123 e. The van der Waals surface area contributed by atoms with Crippen molar-refractivity contribution in [2.45, 2.75) is 52.4 Å². The van der Waals surface area contributed by atoms with E-state index in [1.54, 1.807) is 0 Å². The molecule has 1 N–H and O–H groups in total. The minimum atomic E-state index is -0.0641. The van der Waals surface area contributed by atoms with Gasteiger partial charge in [0.05, 0.1) is 0 Å². The van der Waals surface area contributed by atoms with Crippen LogP contribution in [-0.4, -0.2) is 5.11 Å². The number of phenolic OH excluding ortho intramolecular Hbond substituents is 1. The second-order valence-electron chi connectivity index (χ2n) is 6.11. The van der Waals surface area contributed by atoms with Crippen molar-refractivity contribution in [3.05, 3.63) is 29.3 Å². The lowest BCUT2D eigenvalue weighted by Gasteiger charge is -2.26. The summed E-state index contributed by atoms with van der Waals surface area (Å²) in [6.07, 6.45) is 0. The zero-order valence-corrected chi connectivity index (χ0v) is 10.6. The van der Waals surface area contributed by atoms with E-state index in [9.17, 15) is 5.11 Å². The van der Waals surface area contributed by atoms with E-state index in [-0.39, 0.29) is 10.8 Å². The van der Waals surface area contributed by atoms with Crippen LogP contribution >= 0.6 is 0 Å². The maximum atomic E-state index is 10.2.